The van der Waals surface area contributed by atoms with E-state index in [-0.39, 0.29) is 47.2 Å². The van der Waals surface area contributed by atoms with Crippen molar-refractivity contribution in [2.75, 3.05) is 0 Å². The zero-order valence-electron chi connectivity index (χ0n) is 15.9. The number of aromatic carboxylic acids is 1. The molecule has 0 aromatic heterocycles. The van der Waals surface area contributed by atoms with E-state index in [1.807, 2.05) is 18.2 Å². The number of carbonyl (C=O) groups excluding carboxylic acids is 1. The molecule has 3 rings (SSSR count). The molecule has 0 heterocycles. The van der Waals surface area contributed by atoms with Gasteiger partial charge in [0, 0.05) is 30.6 Å². The first-order valence-electron chi connectivity index (χ1n) is 8.65. The molecule has 2 aromatic rings. The molecular weight excluding hydrogens is 378 g/mol. The van der Waals surface area contributed by atoms with Crippen molar-refractivity contribution in [3.05, 3.63) is 70.3 Å². The SMILES string of the molecule is CC1(C)CCC(C)(C)c2cc(C(=O)c3ccccc3C(=O)O)ccc21.[Zn]. The first kappa shape index (κ1) is 20.5. The molecule has 26 heavy (non-hydrogen) atoms. The van der Waals surface area contributed by atoms with Crippen LogP contribution in [0.25, 0.3) is 0 Å². The van der Waals surface area contributed by atoms with Gasteiger partial charge in [0.25, 0.3) is 0 Å². The largest absolute Gasteiger partial charge is 0.478 e. The van der Waals surface area contributed by atoms with Crippen LogP contribution in [0.1, 0.15) is 77.9 Å². The van der Waals surface area contributed by atoms with Crippen LogP contribution in [0.15, 0.2) is 42.5 Å². The number of carboxylic acid groups (broad SMARTS) is 1. The van der Waals surface area contributed by atoms with Gasteiger partial charge in [0.1, 0.15) is 0 Å². The van der Waals surface area contributed by atoms with Crippen molar-refractivity contribution in [1.29, 1.82) is 0 Å². The summed E-state index contributed by atoms with van der Waals surface area (Å²) >= 11 is 0. The third-order valence-corrected chi connectivity index (χ3v) is 5.52. The van der Waals surface area contributed by atoms with Crippen molar-refractivity contribution in [2.45, 2.75) is 51.4 Å². The number of hydrogen-bond donors (Lipinski definition) is 1. The average Bonchev–Trinajstić information content (AvgIpc) is 2.58. The van der Waals surface area contributed by atoms with E-state index in [4.69, 9.17) is 0 Å². The summed E-state index contributed by atoms with van der Waals surface area (Å²) in [5.41, 5.74) is 3.42. The van der Waals surface area contributed by atoms with E-state index in [2.05, 4.69) is 27.7 Å². The minimum Gasteiger partial charge on any atom is -0.478 e. The molecule has 2 aromatic carbocycles. The topological polar surface area (TPSA) is 54.4 Å². The molecule has 0 atom stereocenters. The summed E-state index contributed by atoms with van der Waals surface area (Å²) in [5.74, 6) is -1.32. The van der Waals surface area contributed by atoms with Crippen LogP contribution in [0.3, 0.4) is 0 Å². The molecule has 0 unspecified atom stereocenters. The van der Waals surface area contributed by atoms with Crippen molar-refractivity contribution < 1.29 is 34.2 Å². The summed E-state index contributed by atoms with van der Waals surface area (Å²) in [5, 5.41) is 9.35. The van der Waals surface area contributed by atoms with Gasteiger partial charge >= 0.3 is 5.97 Å². The molecule has 132 valence electrons. The first-order valence-corrected chi connectivity index (χ1v) is 8.65. The Labute approximate surface area is 167 Å². The van der Waals surface area contributed by atoms with E-state index in [1.165, 1.54) is 17.2 Å². The van der Waals surface area contributed by atoms with Crippen molar-refractivity contribution in [2.24, 2.45) is 0 Å². The fourth-order valence-corrected chi connectivity index (χ4v) is 3.75. The Morgan fingerprint density at radius 2 is 1.38 bits per heavy atom. The Kier molecular flexibility index (Phi) is 5.58. The Morgan fingerprint density at radius 1 is 0.846 bits per heavy atom. The van der Waals surface area contributed by atoms with E-state index in [9.17, 15) is 14.7 Å². The average molecular weight is 402 g/mol. The van der Waals surface area contributed by atoms with Crippen LogP contribution in [-0.4, -0.2) is 16.9 Å². The number of benzene rings is 2. The minimum absolute atomic E-state index is 0. The van der Waals surface area contributed by atoms with E-state index in [0.29, 0.717) is 5.56 Å². The summed E-state index contributed by atoms with van der Waals surface area (Å²) in [6, 6.07) is 12.2. The summed E-state index contributed by atoms with van der Waals surface area (Å²) < 4.78 is 0. The Bertz CT molecular complexity index is 865. The molecule has 1 N–H and O–H groups in total. The number of carbonyl (C=O) groups is 2. The quantitative estimate of drug-likeness (QED) is 0.584. The van der Waals surface area contributed by atoms with Gasteiger partial charge in [0.15, 0.2) is 5.78 Å². The van der Waals surface area contributed by atoms with Gasteiger partial charge in [0.05, 0.1) is 5.56 Å². The van der Waals surface area contributed by atoms with Gasteiger partial charge in [-0.1, -0.05) is 58.0 Å². The zero-order chi connectivity index (χ0) is 18.4. The monoisotopic (exact) mass is 400 g/mol. The van der Waals surface area contributed by atoms with Crippen molar-refractivity contribution in [3.8, 4) is 0 Å². The van der Waals surface area contributed by atoms with Gasteiger partial charge in [-0.2, -0.15) is 0 Å². The van der Waals surface area contributed by atoms with E-state index in [0.717, 1.165) is 12.8 Å². The van der Waals surface area contributed by atoms with E-state index in [1.54, 1.807) is 18.2 Å². The molecule has 0 aliphatic heterocycles. The second kappa shape index (κ2) is 7.08. The number of ketones is 1. The minimum atomic E-state index is -1.08. The standard InChI is InChI=1S/C22H24O3.Zn/c1-21(2)11-12-22(3,4)18-13-14(9-10-17(18)21)19(23)15-7-5-6-8-16(15)20(24)25;/h5-10,13H,11-12H2,1-4H3,(H,24,25);. The smallest absolute Gasteiger partial charge is 0.336 e. The second-order valence-electron chi connectivity index (χ2n) is 8.21. The molecule has 0 amide bonds. The number of rotatable bonds is 3. The van der Waals surface area contributed by atoms with Crippen molar-refractivity contribution >= 4 is 11.8 Å². The van der Waals surface area contributed by atoms with Crippen molar-refractivity contribution in [1.82, 2.24) is 0 Å². The van der Waals surface area contributed by atoms with Crippen LogP contribution < -0.4 is 0 Å². The Hall–Kier alpha value is -1.80. The van der Waals surface area contributed by atoms with Gasteiger partial charge in [-0.25, -0.2) is 4.79 Å². The van der Waals surface area contributed by atoms with Crippen LogP contribution in [-0.2, 0) is 30.3 Å². The maximum Gasteiger partial charge on any atom is 0.336 e. The third-order valence-electron chi connectivity index (χ3n) is 5.52. The Balaban J connectivity index is 0.00000243. The fraction of sp³-hybridized carbons (Fsp3) is 0.364. The summed E-state index contributed by atoms with van der Waals surface area (Å²) in [6.45, 7) is 8.89. The maximum absolute atomic E-state index is 13.0. The third kappa shape index (κ3) is 3.53. The van der Waals surface area contributed by atoms with Crippen LogP contribution >= 0.6 is 0 Å². The predicted molar refractivity (Wildman–Crippen MR) is 98.6 cm³/mol. The van der Waals surface area contributed by atoms with E-state index >= 15 is 0 Å². The molecule has 3 nitrogen and oxygen atoms in total. The molecule has 0 saturated carbocycles. The van der Waals surface area contributed by atoms with Crippen LogP contribution in [0.5, 0.6) is 0 Å². The number of carboxylic acids is 1. The van der Waals surface area contributed by atoms with E-state index < -0.39 is 5.97 Å². The Morgan fingerprint density at radius 3 is 1.96 bits per heavy atom. The number of hydrogen-bond acceptors (Lipinski definition) is 2. The van der Waals surface area contributed by atoms with Gasteiger partial charge < -0.3 is 5.11 Å². The number of fused-ring (bicyclic) bond motifs is 1. The van der Waals surface area contributed by atoms with Crippen LogP contribution in [0, 0.1) is 0 Å². The first-order chi connectivity index (χ1) is 11.6. The summed E-state index contributed by atoms with van der Waals surface area (Å²) in [7, 11) is 0. The van der Waals surface area contributed by atoms with Crippen molar-refractivity contribution in [3.63, 3.8) is 0 Å². The zero-order valence-corrected chi connectivity index (χ0v) is 18.9. The molecule has 0 spiro atoms. The van der Waals surface area contributed by atoms with Crippen LogP contribution in [0.4, 0.5) is 0 Å². The molecule has 0 bridgehead atoms. The van der Waals surface area contributed by atoms with Gasteiger partial charge in [-0.05, 0) is 46.9 Å². The second-order valence-corrected chi connectivity index (χ2v) is 8.21. The molecule has 1 aliphatic rings. The molecular formula is C22H24O3Zn. The molecule has 1 aliphatic carbocycles. The maximum atomic E-state index is 13.0. The van der Waals surface area contributed by atoms with Gasteiger partial charge in [0.2, 0.25) is 0 Å². The van der Waals surface area contributed by atoms with Crippen LogP contribution in [0.2, 0.25) is 0 Å². The normalized spacial score (nSPS) is 16.9. The van der Waals surface area contributed by atoms with Gasteiger partial charge in [-0.3, -0.25) is 4.79 Å². The predicted octanol–water partition coefficient (Wildman–Crippen LogP) is 4.96. The van der Waals surface area contributed by atoms with Gasteiger partial charge in [-0.15, -0.1) is 0 Å². The summed E-state index contributed by atoms with van der Waals surface area (Å²) in [6.07, 6.45) is 2.18. The fourth-order valence-electron chi connectivity index (χ4n) is 3.75. The molecule has 0 radical (unpaired) electrons. The molecule has 4 heteroatoms. The summed E-state index contributed by atoms with van der Waals surface area (Å²) in [4.78, 5) is 24.4. The molecule has 0 saturated heterocycles. The molecule has 0 fully saturated rings.